The first-order valence-corrected chi connectivity index (χ1v) is 5.91. The number of hydrogen-bond donors (Lipinski definition) is 2. The van der Waals surface area contributed by atoms with Gasteiger partial charge in [0.1, 0.15) is 6.42 Å². The van der Waals surface area contributed by atoms with Crippen molar-refractivity contribution in [2.75, 3.05) is 17.3 Å². The number of amides is 2. The maximum atomic E-state index is 11.8. The van der Waals surface area contributed by atoms with Crippen molar-refractivity contribution in [2.24, 2.45) is 0 Å². The summed E-state index contributed by atoms with van der Waals surface area (Å²) in [4.78, 5) is 35.3. The fourth-order valence-corrected chi connectivity index (χ4v) is 2.13. The van der Waals surface area contributed by atoms with E-state index in [1.165, 1.54) is 0 Å². The summed E-state index contributed by atoms with van der Waals surface area (Å²) in [5.74, 6) is -2.29. The van der Waals surface area contributed by atoms with Crippen LogP contribution >= 0.6 is 0 Å². The van der Waals surface area contributed by atoms with Crippen molar-refractivity contribution < 1.29 is 19.5 Å². The molecular weight excluding hydrogens is 248 g/mol. The summed E-state index contributed by atoms with van der Waals surface area (Å²) >= 11 is 0. The topological polar surface area (TPSA) is 86.7 Å². The van der Waals surface area contributed by atoms with Gasteiger partial charge in [-0.3, -0.25) is 14.4 Å². The SMILES string of the molecule is CNc1ccc2c(c1)CCC(=O)N2C(=O)CC(=O)O. The fraction of sp³-hybridized carbons (Fsp3) is 0.308. The van der Waals surface area contributed by atoms with Gasteiger partial charge in [0.15, 0.2) is 0 Å². The fourth-order valence-electron chi connectivity index (χ4n) is 2.13. The summed E-state index contributed by atoms with van der Waals surface area (Å²) in [6.07, 6.45) is 0.0883. The maximum Gasteiger partial charge on any atom is 0.312 e. The minimum absolute atomic E-state index is 0.214. The van der Waals surface area contributed by atoms with Crippen LogP contribution in [0, 0.1) is 0 Å². The quantitative estimate of drug-likeness (QED) is 0.794. The molecule has 0 atom stereocenters. The highest BCUT2D eigenvalue weighted by Gasteiger charge is 2.30. The molecule has 0 spiro atoms. The molecule has 19 heavy (non-hydrogen) atoms. The van der Waals surface area contributed by atoms with Gasteiger partial charge < -0.3 is 10.4 Å². The molecule has 0 saturated carbocycles. The molecule has 2 rings (SSSR count). The first-order chi connectivity index (χ1) is 9.02. The number of anilines is 2. The normalized spacial score (nSPS) is 13.9. The van der Waals surface area contributed by atoms with Crippen molar-refractivity contribution in [1.29, 1.82) is 0 Å². The Hall–Kier alpha value is -2.37. The van der Waals surface area contributed by atoms with E-state index in [2.05, 4.69) is 5.32 Å². The molecule has 1 aliphatic heterocycles. The number of nitrogens with zero attached hydrogens (tertiary/aromatic N) is 1. The Labute approximate surface area is 110 Å². The van der Waals surface area contributed by atoms with Gasteiger partial charge in [0.2, 0.25) is 11.8 Å². The van der Waals surface area contributed by atoms with Gasteiger partial charge in [-0.05, 0) is 30.2 Å². The Kier molecular flexibility index (Phi) is 3.50. The van der Waals surface area contributed by atoms with Crippen molar-refractivity contribution >= 4 is 29.2 Å². The van der Waals surface area contributed by atoms with Gasteiger partial charge in [0.25, 0.3) is 0 Å². The van der Waals surface area contributed by atoms with Gasteiger partial charge in [0.05, 0.1) is 5.69 Å². The van der Waals surface area contributed by atoms with Crippen LogP contribution in [0.15, 0.2) is 18.2 Å². The second-order valence-electron chi connectivity index (χ2n) is 4.29. The molecule has 0 unspecified atom stereocenters. The smallest absolute Gasteiger partial charge is 0.312 e. The number of carboxylic acids is 1. The Morgan fingerprint density at radius 3 is 2.74 bits per heavy atom. The number of nitrogens with one attached hydrogen (secondary N) is 1. The van der Waals surface area contributed by atoms with E-state index in [1.807, 2.05) is 6.07 Å². The highest BCUT2D eigenvalue weighted by atomic mass is 16.4. The van der Waals surface area contributed by atoms with Crippen molar-refractivity contribution in [2.45, 2.75) is 19.3 Å². The summed E-state index contributed by atoms with van der Waals surface area (Å²) in [5, 5.41) is 11.6. The molecule has 0 aliphatic carbocycles. The van der Waals surface area contributed by atoms with Crippen LogP contribution in [0.4, 0.5) is 11.4 Å². The Morgan fingerprint density at radius 2 is 2.11 bits per heavy atom. The first kappa shape index (κ1) is 13.1. The molecule has 0 saturated heterocycles. The molecule has 2 amide bonds. The van der Waals surface area contributed by atoms with Crippen LogP contribution in [0.25, 0.3) is 0 Å². The third kappa shape index (κ3) is 2.57. The summed E-state index contributed by atoms with van der Waals surface area (Å²) in [7, 11) is 1.78. The summed E-state index contributed by atoms with van der Waals surface area (Å²) in [6, 6.07) is 5.28. The summed E-state index contributed by atoms with van der Waals surface area (Å²) < 4.78 is 0. The third-order valence-corrected chi connectivity index (χ3v) is 3.02. The van der Waals surface area contributed by atoms with Crippen LogP contribution in [0.1, 0.15) is 18.4 Å². The molecule has 1 aliphatic rings. The molecule has 0 fully saturated rings. The van der Waals surface area contributed by atoms with Gasteiger partial charge in [0, 0.05) is 19.2 Å². The van der Waals surface area contributed by atoms with Crippen LogP contribution in [-0.2, 0) is 20.8 Å². The van der Waals surface area contributed by atoms with Gasteiger partial charge >= 0.3 is 5.97 Å². The lowest BCUT2D eigenvalue weighted by molar-refractivity contribution is -0.140. The molecule has 1 heterocycles. The third-order valence-electron chi connectivity index (χ3n) is 3.02. The number of rotatable bonds is 3. The molecule has 6 nitrogen and oxygen atoms in total. The van der Waals surface area contributed by atoms with Crippen LogP contribution in [0.3, 0.4) is 0 Å². The molecular formula is C13H14N2O4. The van der Waals surface area contributed by atoms with E-state index < -0.39 is 18.3 Å². The monoisotopic (exact) mass is 262 g/mol. The van der Waals surface area contributed by atoms with Crippen LogP contribution < -0.4 is 10.2 Å². The average molecular weight is 262 g/mol. The first-order valence-electron chi connectivity index (χ1n) is 5.91. The predicted molar refractivity (Wildman–Crippen MR) is 69.1 cm³/mol. The second-order valence-corrected chi connectivity index (χ2v) is 4.29. The Morgan fingerprint density at radius 1 is 1.37 bits per heavy atom. The number of aliphatic carboxylic acids is 1. The lowest BCUT2D eigenvalue weighted by Gasteiger charge is -2.27. The Balaban J connectivity index is 2.38. The van der Waals surface area contributed by atoms with Crippen LogP contribution in [-0.4, -0.2) is 29.9 Å². The maximum absolute atomic E-state index is 11.8. The van der Waals surface area contributed by atoms with Gasteiger partial charge in [-0.25, -0.2) is 4.90 Å². The molecule has 0 radical (unpaired) electrons. The van der Waals surface area contributed by atoms with Crippen LogP contribution in [0.5, 0.6) is 0 Å². The van der Waals surface area contributed by atoms with Crippen molar-refractivity contribution in [1.82, 2.24) is 0 Å². The molecule has 0 aromatic heterocycles. The number of hydrogen-bond acceptors (Lipinski definition) is 4. The van der Waals surface area contributed by atoms with Gasteiger partial charge in [-0.1, -0.05) is 0 Å². The number of imide groups is 1. The van der Waals surface area contributed by atoms with Crippen molar-refractivity contribution in [3.63, 3.8) is 0 Å². The number of benzene rings is 1. The van der Waals surface area contributed by atoms with Crippen molar-refractivity contribution in [3.05, 3.63) is 23.8 Å². The van der Waals surface area contributed by atoms with Gasteiger partial charge in [-0.2, -0.15) is 0 Å². The lowest BCUT2D eigenvalue weighted by Crippen LogP contribution is -2.41. The van der Waals surface area contributed by atoms with E-state index in [-0.39, 0.29) is 12.3 Å². The number of carbonyl (C=O) groups is 3. The number of fused-ring (bicyclic) bond motifs is 1. The number of aryl methyl sites for hydroxylation is 1. The summed E-state index contributed by atoms with van der Waals surface area (Å²) in [5.41, 5.74) is 2.24. The molecule has 1 aromatic rings. The van der Waals surface area contributed by atoms with E-state index in [1.54, 1.807) is 19.2 Å². The van der Waals surface area contributed by atoms with E-state index in [4.69, 9.17) is 5.11 Å². The standard InChI is InChI=1S/C13H14N2O4/c1-14-9-3-4-10-8(6-9)2-5-11(16)15(10)12(17)7-13(18)19/h3-4,6,14H,2,5,7H2,1H3,(H,18,19). The zero-order valence-electron chi connectivity index (χ0n) is 10.5. The lowest BCUT2D eigenvalue weighted by atomic mass is 10.00. The average Bonchev–Trinajstić information content (AvgIpc) is 2.37. The van der Waals surface area contributed by atoms with Gasteiger partial charge in [-0.15, -0.1) is 0 Å². The van der Waals surface area contributed by atoms with E-state index in [0.29, 0.717) is 12.1 Å². The van der Waals surface area contributed by atoms with E-state index in [0.717, 1.165) is 16.2 Å². The molecule has 100 valence electrons. The Bertz CT molecular complexity index is 554. The number of carbonyl (C=O) groups excluding carboxylic acids is 2. The largest absolute Gasteiger partial charge is 0.481 e. The summed E-state index contributed by atoms with van der Waals surface area (Å²) in [6.45, 7) is 0. The highest BCUT2D eigenvalue weighted by Crippen LogP contribution is 2.30. The van der Waals surface area contributed by atoms with E-state index in [9.17, 15) is 14.4 Å². The van der Waals surface area contributed by atoms with Crippen molar-refractivity contribution in [3.8, 4) is 0 Å². The van der Waals surface area contributed by atoms with Crippen LogP contribution in [0.2, 0.25) is 0 Å². The molecule has 0 bridgehead atoms. The molecule has 2 N–H and O–H groups in total. The zero-order valence-corrected chi connectivity index (χ0v) is 10.5. The number of carboxylic acid groups (broad SMARTS) is 1. The minimum Gasteiger partial charge on any atom is -0.481 e. The molecule has 6 heteroatoms. The zero-order chi connectivity index (χ0) is 14.0. The predicted octanol–water partition coefficient (Wildman–Crippen LogP) is 1.01. The minimum atomic E-state index is -1.24. The highest BCUT2D eigenvalue weighted by molar-refractivity contribution is 6.19. The second kappa shape index (κ2) is 5.09. The van der Waals surface area contributed by atoms with E-state index >= 15 is 0 Å². The molecule has 1 aromatic carbocycles.